The van der Waals surface area contributed by atoms with Crippen LogP contribution in [0.4, 0.5) is 17.3 Å². The van der Waals surface area contributed by atoms with Crippen LogP contribution in [-0.4, -0.2) is 21.9 Å². The number of rotatable bonds is 8. The van der Waals surface area contributed by atoms with Crippen LogP contribution in [0.3, 0.4) is 0 Å². The van der Waals surface area contributed by atoms with E-state index >= 15 is 0 Å². The lowest BCUT2D eigenvalue weighted by molar-refractivity contribution is 0.102. The molecule has 200 valence electrons. The van der Waals surface area contributed by atoms with E-state index in [1.165, 1.54) is 31.2 Å². The second kappa shape index (κ2) is 11.7. The molecule has 1 heterocycles. The van der Waals surface area contributed by atoms with Crippen LogP contribution in [0.5, 0.6) is 0 Å². The number of para-hydroxylation sites is 1. The summed E-state index contributed by atoms with van der Waals surface area (Å²) < 4.78 is 0. The van der Waals surface area contributed by atoms with Gasteiger partial charge in [-0.15, -0.1) is 0 Å². The molecule has 6 rings (SSSR count). The van der Waals surface area contributed by atoms with Gasteiger partial charge in [-0.3, -0.25) is 4.79 Å². The molecule has 1 saturated carbocycles. The van der Waals surface area contributed by atoms with Gasteiger partial charge in [-0.25, -0.2) is 9.97 Å². The number of hydrogen-bond acceptors (Lipinski definition) is 5. The summed E-state index contributed by atoms with van der Waals surface area (Å²) in [5.74, 6) is 0.372. The first kappa shape index (κ1) is 25.7. The lowest BCUT2D eigenvalue weighted by atomic mass is 10.1. The number of amides is 1. The zero-order valence-electron chi connectivity index (χ0n) is 22.7. The maximum atomic E-state index is 13.1. The van der Waals surface area contributed by atoms with Crippen LogP contribution in [-0.2, 0) is 6.54 Å². The summed E-state index contributed by atoms with van der Waals surface area (Å²) in [5, 5.41) is 11.1. The zero-order chi connectivity index (χ0) is 27.3. The minimum atomic E-state index is -0.135. The van der Waals surface area contributed by atoms with Crippen molar-refractivity contribution in [3.05, 3.63) is 114 Å². The molecule has 4 aromatic carbocycles. The van der Waals surface area contributed by atoms with Gasteiger partial charge in [-0.05, 0) is 67.3 Å². The molecular formula is C34H33N5O. The smallest absolute Gasteiger partial charge is 0.255 e. The second-order valence-corrected chi connectivity index (χ2v) is 10.4. The number of nitrogens with zero attached hydrogens (tertiary/aromatic N) is 2. The summed E-state index contributed by atoms with van der Waals surface area (Å²) in [4.78, 5) is 22.6. The van der Waals surface area contributed by atoms with E-state index < -0.39 is 0 Å². The molecule has 1 amide bonds. The Bertz CT molecular complexity index is 1630. The van der Waals surface area contributed by atoms with Gasteiger partial charge in [0.25, 0.3) is 5.91 Å². The third-order valence-electron chi connectivity index (χ3n) is 7.55. The molecule has 3 N–H and O–H groups in total. The molecular weight excluding hydrogens is 494 g/mol. The Morgan fingerprint density at radius 3 is 2.40 bits per heavy atom. The molecule has 6 nitrogen and oxygen atoms in total. The molecule has 0 spiro atoms. The first-order valence-corrected chi connectivity index (χ1v) is 14.0. The average Bonchev–Trinajstić information content (AvgIpc) is 3.52. The number of fused-ring (bicyclic) bond motifs is 1. The fourth-order valence-electron chi connectivity index (χ4n) is 5.28. The predicted octanol–water partition coefficient (Wildman–Crippen LogP) is 7.63. The van der Waals surface area contributed by atoms with Gasteiger partial charge in [0.15, 0.2) is 0 Å². The number of nitrogens with one attached hydrogen (secondary N) is 3. The van der Waals surface area contributed by atoms with E-state index in [0.717, 1.165) is 45.6 Å². The van der Waals surface area contributed by atoms with Gasteiger partial charge in [0.05, 0.1) is 11.2 Å². The van der Waals surface area contributed by atoms with Crippen molar-refractivity contribution in [2.45, 2.75) is 45.2 Å². The monoisotopic (exact) mass is 527 g/mol. The lowest BCUT2D eigenvalue weighted by Crippen LogP contribution is -2.25. The Labute approximate surface area is 234 Å². The van der Waals surface area contributed by atoms with Gasteiger partial charge in [-0.1, -0.05) is 73.5 Å². The molecule has 1 aromatic heterocycles. The summed E-state index contributed by atoms with van der Waals surface area (Å²) in [6.45, 7) is 2.83. The summed E-state index contributed by atoms with van der Waals surface area (Å²) in [6.07, 6.45) is 5.12. The Balaban J connectivity index is 1.16. The lowest BCUT2D eigenvalue weighted by Gasteiger charge is -2.14. The van der Waals surface area contributed by atoms with Gasteiger partial charge in [-0.2, -0.15) is 0 Å². The molecule has 1 fully saturated rings. The third kappa shape index (κ3) is 5.87. The Morgan fingerprint density at radius 2 is 1.60 bits per heavy atom. The molecule has 0 atom stereocenters. The molecule has 1 aliphatic carbocycles. The summed E-state index contributed by atoms with van der Waals surface area (Å²) in [5.41, 5.74) is 7.23. The second-order valence-electron chi connectivity index (χ2n) is 10.4. The molecule has 1 aliphatic rings. The van der Waals surface area contributed by atoms with Crippen molar-refractivity contribution in [1.82, 2.24) is 15.3 Å². The minimum absolute atomic E-state index is 0.135. The van der Waals surface area contributed by atoms with Gasteiger partial charge in [0.2, 0.25) is 5.95 Å². The van der Waals surface area contributed by atoms with E-state index in [9.17, 15) is 4.79 Å². The standard InChI is InChI=1S/C34H33N5O/c1-23-15-16-24(22-35-27-11-5-6-12-27)21-31(23)37-33(40)26-17-19-28(20-18-26)36-34-38-30-14-8-7-13-29(30)32(39-34)25-9-3-2-4-10-25/h2-4,7-10,13-21,27,35H,5-6,11-12,22H2,1H3,(H,37,40)(H,36,38,39). The maximum Gasteiger partial charge on any atom is 0.255 e. The Hall–Kier alpha value is -4.55. The molecule has 0 aliphatic heterocycles. The van der Waals surface area contributed by atoms with E-state index in [2.05, 4.69) is 46.3 Å². The number of aryl methyl sites for hydroxylation is 1. The molecule has 6 heteroatoms. The highest BCUT2D eigenvalue weighted by molar-refractivity contribution is 6.05. The van der Waals surface area contributed by atoms with E-state index in [-0.39, 0.29) is 5.91 Å². The topological polar surface area (TPSA) is 78.9 Å². The molecule has 0 saturated heterocycles. The number of aromatic nitrogens is 2. The van der Waals surface area contributed by atoms with Crippen molar-refractivity contribution in [1.29, 1.82) is 0 Å². The largest absolute Gasteiger partial charge is 0.324 e. The molecule has 40 heavy (non-hydrogen) atoms. The number of carbonyl (C=O) groups excluding carboxylic acids is 1. The van der Waals surface area contributed by atoms with Crippen molar-refractivity contribution >= 4 is 34.1 Å². The minimum Gasteiger partial charge on any atom is -0.324 e. The SMILES string of the molecule is Cc1ccc(CNC2CCCC2)cc1NC(=O)c1ccc(Nc2nc(-c3ccccc3)c3ccccc3n2)cc1. The fourth-order valence-corrected chi connectivity index (χ4v) is 5.28. The van der Waals surface area contributed by atoms with Crippen LogP contribution in [0.15, 0.2) is 97.1 Å². The highest BCUT2D eigenvalue weighted by Gasteiger charge is 2.15. The average molecular weight is 528 g/mol. The molecule has 0 unspecified atom stereocenters. The Morgan fingerprint density at radius 1 is 0.850 bits per heavy atom. The van der Waals surface area contributed by atoms with E-state index in [0.29, 0.717) is 17.6 Å². The van der Waals surface area contributed by atoms with Crippen molar-refractivity contribution in [2.75, 3.05) is 10.6 Å². The molecule has 0 radical (unpaired) electrons. The van der Waals surface area contributed by atoms with Gasteiger partial charge < -0.3 is 16.0 Å². The summed E-state index contributed by atoms with van der Waals surface area (Å²) >= 11 is 0. The van der Waals surface area contributed by atoms with Crippen LogP contribution in [0.2, 0.25) is 0 Å². The van der Waals surface area contributed by atoms with Crippen molar-refractivity contribution < 1.29 is 4.79 Å². The van der Waals surface area contributed by atoms with E-state index in [1.807, 2.05) is 73.7 Å². The Kier molecular flexibility index (Phi) is 7.51. The summed E-state index contributed by atoms with van der Waals surface area (Å²) in [6, 6.07) is 32.4. The van der Waals surface area contributed by atoms with Crippen LogP contribution in [0.25, 0.3) is 22.2 Å². The number of hydrogen-bond donors (Lipinski definition) is 3. The first-order valence-electron chi connectivity index (χ1n) is 14.0. The van der Waals surface area contributed by atoms with E-state index in [4.69, 9.17) is 9.97 Å². The van der Waals surface area contributed by atoms with Gasteiger partial charge in [0.1, 0.15) is 0 Å². The first-order chi connectivity index (χ1) is 19.6. The van der Waals surface area contributed by atoms with Gasteiger partial charge >= 0.3 is 0 Å². The molecule has 0 bridgehead atoms. The quantitative estimate of drug-likeness (QED) is 0.193. The van der Waals surface area contributed by atoms with Crippen molar-refractivity contribution in [3.63, 3.8) is 0 Å². The predicted molar refractivity (Wildman–Crippen MR) is 163 cm³/mol. The summed E-state index contributed by atoms with van der Waals surface area (Å²) in [7, 11) is 0. The van der Waals surface area contributed by atoms with Crippen LogP contribution in [0, 0.1) is 6.92 Å². The maximum absolute atomic E-state index is 13.1. The highest BCUT2D eigenvalue weighted by atomic mass is 16.1. The van der Waals surface area contributed by atoms with Crippen LogP contribution >= 0.6 is 0 Å². The van der Waals surface area contributed by atoms with Crippen LogP contribution < -0.4 is 16.0 Å². The normalized spacial score (nSPS) is 13.4. The fraction of sp³-hybridized carbons (Fsp3) is 0.206. The molecule has 5 aromatic rings. The number of benzene rings is 4. The number of carbonyl (C=O) groups is 1. The highest BCUT2D eigenvalue weighted by Crippen LogP contribution is 2.28. The zero-order valence-corrected chi connectivity index (χ0v) is 22.7. The van der Waals surface area contributed by atoms with Crippen molar-refractivity contribution in [3.8, 4) is 11.3 Å². The van der Waals surface area contributed by atoms with E-state index in [1.54, 1.807) is 0 Å². The van der Waals surface area contributed by atoms with Crippen molar-refractivity contribution in [2.24, 2.45) is 0 Å². The third-order valence-corrected chi connectivity index (χ3v) is 7.55. The van der Waals surface area contributed by atoms with Gasteiger partial charge in [0, 0.05) is 40.5 Å². The number of anilines is 3. The van der Waals surface area contributed by atoms with Crippen LogP contribution in [0.1, 0.15) is 47.2 Å².